The first-order valence-corrected chi connectivity index (χ1v) is 8.95. The van der Waals surface area contributed by atoms with E-state index in [9.17, 15) is 13.2 Å². The molecule has 8 heteroatoms. The van der Waals surface area contributed by atoms with Gasteiger partial charge in [0.05, 0.1) is 39.7 Å². The number of aromatic nitrogens is 1. The number of nitrogens with one attached hydrogen (secondary N) is 1. The first-order valence-electron chi connectivity index (χ1n) is 6.14. The highest BCUT2D eigenvalue weighted by molar-refractivity contribution is 7.99. The van der Waals surface area contributed by atoms with Crippen LogP contribution < -0.4 is 11.1 Å². The third kappa shape index (κ3) is 4.11. The van der Waals surface area contributed by atoms with E-state index in [1.54, 1.807) is 19.1 Å². The molecule has 1 aromatic heterocycles. The van der Waals surface area contributed by atoms with Gasteiger partial charge in [-0.1, -0.05) is 11.8 Å². The van der Waals surface area contributed by atoms with Crippen molar-refractivity contribution in [1.82, 2.24) is 10.3 Å². The van der Waals surface area contributed by atoms with E-state index in [1.165, 1.54) is 18.0 Å². The van der Waals surface area contributed by atoms with Gasteiger partial charge in [0.2, 0.25) is 5.91 Å². The van der Waals surface area contributed by atoms with Crippen LogP contribution in [0.5, 0.6) is 0 Å². The Morgan fingerprint density at radius 2 is 2.30 bits per heavy atom. The molecule has 0 bridgehead atoms. The molecule has 0 saturated carbocycles. The Kier molecular flexibility index (Phi) is 4.24. The van der Waals surface area contributed by atoms with E-state index in [4.69, 9.17) is 5.73 Å². The topological polar surface area (TPSA) is 102 Å². The molecule has 110 valence electrons. The Labute approximate surface area is 122 Å². The second-order valence-corrected chi connectivity index (χ2v) is 8.35. The van der Waals surface area contributed by atoms with Crippen molar-refractivity contribution >= 4 is 33.2 Å². The van der Waals surface area contributed by atoms with Gasteiger partial charge in [0, 0.05) is 0 Å². The van der Waals surface area contributed by atoms with Gasteiger partial charge in [0.25, 0.3) is 0 Å². The van der Waals surface area contributed by atoms with E-state index >= 15 is 0 Å². The molecule has 0 radical (unpaired) electrons. The lowest BCUT2D eigenvalue weighted by Gasteiger charge is -2.23. The number of pyridine rings is 1. The van der Waals surface area contributed by atoms with Crippen LogP contribution in [0.4, 0.5) is 5.69 Å². The number of carbonyl (C=O) groups is 1. The van der Waals surface area contributed by atoms with Crippen molar-refractivity contribution in [3.05, 3.63) is 18.3 Å². The number of anilines is 1. The number of rotatable bonds is 4. The number of nitrogen functional groups attached to an aromatic ring is 1. The zero-order valence-corrected chi connectivity index (χ0v) is 12.8. The van der Waals surface area contributed by atoms with Crippen LogP contribution in [0.2, 0.25) is 0 Å². The van der Waals surface area contributed by atoms with Crippen LogP contribution in [0, 0.1) is 0 Å². The molecule has 0 aliphatic carbocycles. The van der Waals surface area contributed by atoms with Crippen molar-refractivity contribution in [2.24, 2.45) is 0 Å². The third-order valence-corrected chi connectivity index (χ3v) is 5.90. The Morgan fingerprint density at radius 1 is 1.55 bits per heavy atom. The molecule has 0 aromatic carbocycles. The highest BCUT2D eigenvalue weighted by Gasteiger charge is 2.39. The van der Waals surface area contributed by atoms with E-state index < -0.39 is 15.4 Å². The van der Waals surface area contributed by atoms with Gasteiger partial charge in [0.15, 0.2) is 9.84 Å². The van der Waals surface area contributed by atoms with Gasteiger partial charge in [-0.25, -0.2) is 13.4 Å². The van der Waals surface area contributed by atoms with Gasteiger partial charge in [-0.15, -0.1) is 0 Å². The van der Waals surface area contributed by atoms with Gasteiger partial charge >= 0.3 is 0 Å². The quantitative estimate of drug-likeness (QED) is 0.782. The van der Waals surface area contributed by atoms with E-state index in [0.29, 0.717) is 17.1 Å². The van der Waals surface area contributed by atoms with Crippen molar-refractivity contribution < 1.29 is 13.2 Å². The maximum Gasteiger partial charge on any atom is 0.230 e. The maximum atomic E-state index is 11.9. The summed E-state index contributed by atoms with van der Waals surface area (Å²) in [4.78, 5) is 16.0. The van der Waals surface area contributed by atoms with Gasteiger partial charge in [-0.05, 0) is 25.5 Å². The Balaban J connectivity index is 1.85. The molecule has 1 aliphatic heterocycles. The molecule has 1 fully saturated rings. The van der Waals surface area contributed by atoms with E-state index in [0.717, 1.165) is 0 Å². The Bertz CT molecular complexity index is 601. The lowest BCUT2D eigenvalue weighted by molar-refractivity contribution is -0.120. The van der Waals surface area contributed by atoms with Crippen LogP contribution in [0.15, 0.2) is 23.4 Å². The molecule has 1 aliphatic rings. The van der Waals surface area contributed by atoms with Crippen LogP contribution in [-0.2, 0) is 14.6 Å². The summed E-state index contributed by atoms with van der Waals surface area (Å²) in [5.74, 6) is 0.160. The highest BCUT2D eigenvalue weighted by atomic mass is 32.2. The van der Waals surface area contributed by atoms with Crippen molar-refractivity contribution in [1.29, 1.82) is 0 Å². The number of amides is 1. The van der Waals surface area contributed by atoms with E-state index in [1.807, 2.05) is 0 Å². The van der Waals surface area contributed by atoms with Crippen molar-refractivity contribution in [2.45, 2.75) is 23.9 Å². The van der Waals surface area contributed by atoms with Gasteiger partial charge in [0.1, 0.15) is 0 Å². The number of sulfone groups is 1. The minimum Gasteiger partial charge on any atom is -0.397 e. The second-order valence-electron chi connectivity index (χ2n) is 5.17. The minimum absolute atomic E-state index is 0.0104. The lowest BCUT2D eigenvalue weighted by Crippen LogP contribution is -2.47. The van der Waals surface area contributed by atoms with Gasteiger partial charge in [-0.3, -0.25) is 4.79 Å². The number of carbonyl (C=O) groups excluding carboxylic acids is 1. The maximum absolute atomic E-state index is 11.9. The molecule has 1 atom stereocenters. The summed E-state index contributed by atoms with van der Waals surface area (Å²) in [6.07, 6.45) is 2.00. The summed E-state index contributed by atoms with van der Waals surface area (Å²) in [5, 5.41) is 3.51. The smallest absolute Gasteiger partial charge is 0.230 e. The number of nitrogens with zero attached hydrogens (tertiary/aromatic N) is 1. The fraction of sp³-hybridized carbons (Fsp3) is 0.500. The van der Waals surface area contributed by atoms with Crippen LogP contribution in [0.1, 0.15) is 13.3 Å². The molecule has 2 heterocycles. The van der Waals surface area contributed by atoms with Crippen LogP contribution in [-0.4, -0.2) is 42.1 Å². The zero-order chi connectivity index (χ0) is 14.8. The SMILES string of the molecule is CC1(NC(=O)CSc2ccc(N)cn2)CCS(=O)(=O)C1. The highest BCUT2D eigenvalue weighted by Crippen LogP contribution is 2.23. The molecular weight excluding hydrogens is 298 g/mol. The number of thioether (sulfide) groups is 1. The van der Waals surface area contributed by atoms with Crippen LogP contribution >= 0.6 is 11.8 Å². The molecule has 20 heavy (non-hydrogen) atoms. The summed E-state index contributed by atoms with van der Waals surface area (Å²) in [7, 11) is -3.02. The number of nitrogens with two attached hydrogens (primary N) is 1. The predicted octanol–water partition coefficient (Wildman–Crippen LogP) is 0.449. The predicted molar refractivity (Wildman–Crippen MR) is 79.2 cm³/mol. The normalized spacial score (nSPS) is 24.4. The molecule has 1 amide bonds. The second kappa shape index (κ2) is 5.61. The molecule has 6 nitrogen and oxygen atoms in total. The third-order valence-electron chi connectivity index (χ3n) is 3.05. The average molecular weight is 315 g/mol. The molecule has 1 saturated heterocycles. The van der Waals surface area contributed by atoms with Crippen molar-refractivity contribution in [3.63, 3.8) is 0 Å². The van der Waals surface area contributed by atoms with Crippen LogP contribution in [0.25, 0.3) is 0 Å². The summed E-state index contributed by atoms with van der Waals surface area (Å²) in [6, 6.07) is 3.47. The summed E-state index contributed by atoms with van der Waals surface area (Å²) >= 11 is 1.29. The van der Waals surface area contributed by atoms with Gasteiger partial charge < -0.3 is 11.1 Å². The monoisotopic (exact) mass is 315 g/mol. The standard InChI is InChI=1S/C12H17N3O3S2/c1-12(4-5-20(17,18)8-12)15-10(16)7-19-11-3-2-9(13)6-14-11/h2-3,6H,4-5,7-8,13H2,1H3,(H,15,16). The van der Waals surface area contributed by atoms with Crippen LogP contribution in [0.3, 0.4) is 0 Å². The molecular formula is C12H17N3O3S2. The molecule has 3 N–H and O–H groups in total. The van der Waals surface area contributed by atoms with Gasteiger partial charge in [-0.2, -0.15) is 0 Å². The van der Waals surface area contributed by atoms with E-state index in [2.05, 4.69) is 10.3 Å². The molecule has 0 spiro atoms. The Morgan fingerprint density at radius 3 is 2.85 bits per heavy atom. The lowest BCUT2D eigenvalue weighted by atomic mass is 10.0. The largest absolute Gasteiger partial charge is 0.397 e. The first-order chi connectivity index (χ1) is 9.28. The minimum atomic E-state index is -3.02. The first kappa shape index (κ1) is 15.1. The van der Waals surface area contributed by atoms with Crippen molar-refractivity contribution in [2.75, 3.05) is 23.0 Å². The molecule has 1 aromatic rings. The zero-order valence-electron chi connectivity index (χ0n) is 11.1. The summed E-state index contributed by atoms with van der Waals surface area (Å²) < 4.78 is 22.9. The summed E-state index contributed by atoms with van der Waals surface area (Å²) in [6.45, 7) is 1.77. The Hall–Kier alpha value is -1.28. The van der Waals surface area contributed by atoms with E-state index in [-0.39, 0.29) is 23.2 Å². The van der Waals surface area contributed by atoms with Crippen molar-refractivity contribution in [3.8, 4) is 0 Å². The molecule has 1 unspecified atom stereocenters. The fourth-order valence-electron chi connectivity index (χ4n) is 2.10. The average Bonchev–Trinajstić information content (AvgIpc) is 2.62. The molecule has 2 rings (SSSR count). The fourth-order valence-corrected chi connectivity index (χ4v) is 4.83. The summed E-state index contributed by atoms with van der Waals surface area (Å²) in [5.41, 5.74) is 5.45. The number of hydrogen-bond acceptors (Lipinski definition) is 6. The number of hydrogen-bond donors (Lipinski definition) is 2.